The molecule has 5 nitrogen and oxygen atoms in total. The summed E-state index contributed by atoms with van der Waals surface area (Å²) in [6.07, 6.45) is 6.33. The maximum atomic E-state index is 12.7. The van der Waals surface area contributed by atoms with Gasteiger partial charge in [0, 0.05) is 35.1 Å². The van der Waals surface area contributed by atoms with Crippen molar-refractivity contribution in [1.29, 1.82) is 5.26 Å². The minimum absolute atomic E-state index is 0.0722. The summed E-state index contributed by atoms with van der Waals surface area (Å²) in [7, 11) is 0. The summed E-state index contributed by atoms with van der Waals surface area (Å²) in [5, 5.41) is 16.4. The zero-order chi connectivity index (χ0) is 12.5. The first kappa shape index (κ1) is 10.8. The number of nitrogens with zero attached hydrogens (tertiary/aromatic N) is 4. The monoisotopic (exact) mass is 259 g/mol. The first-order valence-corrected chi connectivity index (χ1v) is 5.71. The summed E-state index contributed by atoms with van der Waals surface area (Å²) in [6, 6.07) is 3.82. The van der Waals surface area contributed by atoms with E-state index >= 15 is 0 Å². The molecular weight excluding hydrogens is 253 g/mol. The normalized spacial score (nSPS) is 10.7. The average Bonchev–Trinajstić information content (AvgIpc) is 3.06. The van der Waals surface area contributed by atoms with Crippen molar-refractivity contribution in [3.8, 4) is 17.2 Å². The van der Waals surface area contributed by atoms with E-state index in [1.54, 1.807) is 24.7 Å². The molecule has 88 valence electrons. The number of nitriles is 1. The molecule has 0 fully saturated rings. The van der Waals surface area contributed by atoms with Gasteiger partial charge in [0.05, 0.1) is 11.8 Å². The molecule has 0 bridgehead atoms. The Balaban J connectivity index is 2.40. The predicted octanol–water partition coefficient (Wildman–Crippen LogP) is 2.68. The molecule has 0 unspecified atom stereocenters. The van der Waals surface area contributed by atoms with Gasteiger partial charge in [-0.1, -0.05) is 0 Å². The Morgan fingerprint density at radius 3 is 3.00 bits per heavy atom. The van der Waals surface area contributed by atoms with Gasteiger partial charge in [-0.2, -0.15) is 10.4 Å². The van der Waals surface area contributed by atoms with Crippen LogP contribution in [0.2, 0.25) is 0 Å². The fraction of sp³-hybridized carbons (Fsp3) is 0. The van der Waals surface area contributed by atoms with Gasteiger partial charge >= 0.3 is 0 Å². The zero-order valence-electron chi connectivity index (χ0n) is 8.96. The third-order valence-corrected chi connectivity index (χ3v) is 3.11. The topological polar surface area (TPSA) is 70.3 Å². The standard InChI is InChI=1S/C11H6FN5S/c12-18-17-2-1-9-10(8-5-15-16-6-8)7(3-13)4-14-11(9)17/h1-2,4-6H,(H,15,16). The summed E-state index contributed by atoms with van der Waals surface area (Å²) in [4.78, 5) is 4.10. The molecule has 3 heterocycles. The van der Waals surface area contributed by atoms with Gasteiger partial charge in [0.1, 0.15) is 6.07 Å². The Bertz CT molecular complexity index is 741. The molecule has 0 saturated carbocycles. The molecule has 1 N–H and O–H groups in total. The summed E-state index contributed by atoms with van der Waals surface area (Å²) >= 11 is 0.0722. The maximum absolute atomic E-state index is 12.7. The van der Waals surface area contributed by atoms with E-state index in [-0.39, 0.29) is 12.3 Å². The van der Waals surface area contributed by atoms with Crippen LogP contribution in [0.5, 0.6) is 0 Å². The number of aromatic nitrogens is 4. The molecule has 3 rings (SSSR count). The number of rotatable bonds is 2. The smallest absolute Gasteiger partial charge is 0.171 e. The minimum Gasteiger partial charge on any atom is -0.285 e. The Morgan fingerprint density at radius 1 is 1.44 bits per heavy atom. The Labute approximate surface area is 106 Å². The van der Waals surface area contributed by atoms with E-state index in [4.69, 9.17) is 5.26 Å². The number of hydrogen-bond acceptors (Lipinski definition) is 4. The van der Waals surface area contributed by atoms with Crippen molar-refractivity contribution in [2.45, 2.75) is 0 Å². The maximum Gasteiger partial charge on any atom is 0.171 e. The van der Waals surface area contributed by atoms with Gasteiger partial charge in [0.2, 0.25) is 0 Å². The number of halogens is 1. The highest BCUT2D eigenvalue weighted by atomic mass is 32.2. The number of nitrogens with one attached hydrogen (secondary N) is 1. The molecule has 0 aliphatic carbocycles. The summed E-state index contributed by atoms with van der Waals surface area (Å²) in [6.45, 7) is 0. The van der Waals surface area contributed by atoms with Crippen molar-refractivity contribution in [3.05, 3.63) is 36.4 Å². The molecule has 0 radical (unpaired) electrons. The van der Waals surface area contributed by atoms with Gasteiger partial charge in [-0.25, -0.2) is 8.96 Å². The van der Waals surface area contributed by atoms with E-state index in [0.29, 0.717) is 16.8 Å². The zero-order valence-corrected chi connectivity index (χ0v) is 9.78. The molecule has 3 aromatic heterocycles. The van der Waals surface area contributed by atoms with Gasteiger partial charge in [0.15, 0.2) is 18.0 Å². The largest absolute Gasteiger partial charge is 0.285 e. The third kappa shape index (κ3) is 1.47. The van der Waals surface area contributed by atoms with Gasteiger partial charge in [-0.05, 0) is 6.07 Å². The molecule has 0 amide bonds. The lowest BCUT2D eigenvalue weighted by Crippen LogP contribution is -1.90. The van der Waals surface area contributed by atoms with Crippen molar-refractivity contribution >= 4 is 23.4 Å². The summed E-state index contributed by atoms with van der Waals surface area (Å²) in [5.41, 5.74) is 2.41. The van der Waals surface area contributed by atoms with E-state index in [2.05, 4.69) is 21.3 Å². The van der Waals surface area contributed by atoms with Crippen molar-refractivity contribution in [2.24, 2.45) is 0 Å². The number of aromatic amines is 1. The molecule has 7 heteroatoms. The highest BCUT2D eigenvalue weighted by molar-refractivity contribution is 7.92. The Morgan fingerprint density at radius 2 is 2.33 bits per heavy atom. The van der Waals surface area contributed by atoms with Crippen LogP contribution < -0.4 is 0 Å². The van der Waals surface area contributed by atoms with Crippen LogP contribution in [0.3, 0.4) is 0 Å². The van der Waals surface area contributed by atoms with E-state index in [1.165, 1.54) is 10.2 Å². The molecule has 0 saturated heterocycles. The van der Waals surface area contributed by atoms with Gasteiger partial charge in [-0.3, -0.25) is 5.10 Å². The lowest BCUT2D eigenvalue weighted by molar-refractivity contribution is 0.919. The second-order valence-corrected chi connectivity index (χ2v) is 4.12. The van der Waals surface area contributed by atoms with Crippen LogP contribution in [0.15, 0.2) is 30.9 Å². The van der Waals surface area contributed by atoms with Crippen LogP contribution in [0.1, 0.15) is 5.56 Å². The van der Waals surface area contributed by atoms with Crippen LogP contribution in [0.4, 0.5) is 3.89 Å². The van der Waals surface area contributed by atoms with Crippen LogP contribution in [-0.4, -0.2) is 19.2 Å². The SMILES string of the molecule is N#Cc1cnc2c(ccn2SF)c1-c1cn[nH]c1. The highest BCUT2D eigenvalue weighted by Crippen LogP contribution is 2.32. The molecule has 0 aliphatic rings. The average molecular weight is 259 g/mol. The number of fused-ring (bicyclic) bond motifs is 1. The molecule has 0 aliphatic heterocycles. The fourth-order valence-electron chi connectivity index (χ4n) is 1.90. The number of H-pyrrole nitrogens is 1. The first-order chi connectivity index (χ1) is 8.85. The lowest BCUT2D eigenvalue weighted by atomic mass is 10.0. The van der Waals surface area contributed by atoms with Gasteiger partial charge in [-0.15, -0.1) is 3.89 Å². The van der Waals surface area contributed by atoms with E-state index < -0.39 is 0 Å². The van der Waals surface area contributed by atoms with E-state index in [1.807, 2.05) is 0 Å². The van der Waals surface area contributed by atoms with Gasteiger partial charge < -0.3 is 0 Å². The van der Waals surface area contributed by atoms with E-state index in [9.17, 15) is 3.89 Å². The lowest BCUT2D eigenvalue weighted by Gasteiger charge is -2.03. The van der Waals surface area contributed by atoms with Crippen LogP contribution in [0, 0.1) is 11.3 Å². The summed E-state index contributed by atoms with van der Waals surface area (Å²) in [5.74, 6) is 0. The molecule has 0 spiro atoms. The Hall–Kier alpha value is -2.33. The van der Waals surface area contributed by atoms with E-state index in [0.717, 1.165) is 10.9 Å². The van der Waals surface area contributed by atoms with Gasteiger partial charge in [0.25, 0.3) is 0 Å². The predicted molar refractivity (Wildman–Crippen MR) is 66.1 cm³/mol. The summed E-state index contributed by atoms with van der Waals surface area (Å²) < 4.78 is 14.0. The van der Waals surface area contributed by atoms with Crippen molar-refractivity contribution in [1.82, 2.24) is 19.2 Å². The van der Waals surface area contributed by atoms with Crippen LogP contribution in [-0.2, 0) is 0 Å². The second-order valence-electron chi connectivity index (χ2n) is 3.59. The molecule has 0 aromatic carbocycles. The van der Waals surface area contributed by atoms with Crippen LogP contribution in [0.25, 0.3) is 22.2 Å². The quantitative estimate of drug-likeness (QED) is 0.768. The molecular formula is C11H6FN5S. The first-order valence-electron chi connectivity index (χ1n) is 5.03. The van der Waals surface area contributed by atoms with Crippen molar-refractivity contribution in [3.63, 3.8) is 0 Å². The third-order valence-electron chi connectivity index (χ3n) is 2.66. The van der Waals surface area contributed by atoms with Crippen molar-refractivity contribution in [2.75, 3.05) is 0 Å². The highest BCUT2D eigenvalue weighted by Gasteiger charge is 2.14. The molecule has 3 aromatic rings. The second kappa shape index (κ2) is 4.16. The minimum atomic E-state index is 0.0722. The fourth-order valence-corrected chi connectivity index (χ4v) is 2.22. The number of hydrogen-bond donors (Lipinski definition) is 1. The van der Waals surface area contributed by atoms with Crippen LogP contribution >= 0.6 is 12.3 Å². The molecule has 18 heavy (non-hydrogen) atoms. The Kier molecular flexibility index (Phi) is 2.50. The molecule has 0 atom stereocenters. The van der Waals surface area contributed by atoms with Crippen molar-refractivity contribution < 1.29 is 3.89 Å². The number of pyridine rings is 1.